The number of rotatable bonds is 4. The number of ether oxygens (including phenoxy) is 1. The zero-order valence-electron chi connectivity index (χ0n) is 13.2. The first kappa shape index (κ1) is 16.9. The van der Waals surface area contributed by atoms with Crippen molar-refractivity contribution < 1.29 is 9.53 Å². The van der Waals surface area contributed by atoms with E-state index in [1.54, 1.807) is 16.3 Å². The lowest BCUT2D eigenvalue weighted by atomic mass is 10.1. The number of nitrogens with zero attached hydrogens (tertiary/aromatic N) is 1. The largest absolute Gasteiger partial charge is 0.460 e. The van der Waals surface area contributed by atoms with Crippen LogP contribution in [0.3, 0.4) is 0 Å². The molecule has 0 aromatic carbocycles. The highest BCUT2D eigenvalue weighted by atomic mass is 32.2. The molecule has 0 amide bonds. The Kier molecular flexibility index (Phi) is 5.16. The Hall–Kier alpha value is -1.50. The first-order valence-corrected chi connectivity index (χ1v) is 8.58. The minimum atomic E-state index is -0.498. The van der Waals surface area contributed by atoms with E-state index in [-0.39, 0.29) is 23.6 Å². The number of aromatic amines is 1. The molecule has 6 nitrogen and oxygen atoms in total. The third-order valence-corrected chi connectivity index (χ3v) is 4.31. The summed E-state index contributed by atoms with van der Waals surface area (Å²) >= 11 is 1.69. The van der Waals surface area contributed by atoms with E-state index in [1.807, 2.05) is 20.8 Å². The van der Waals surface area contributed by atoms with Crippen LogP contribution in [-0.2, 0) is 28.2 Å². The normalized spacial score (nSPS) is 14.5. The number of H-pyrrole nitrogens is 1. The van der Waals surface area contributed by atoms with E-state index < -0.39 is 5.60 Å². The standard InChI is InChI=1S/C15H22N2O4S/c1-15(2,3)21-12(18)5-4-7-17-11-6-8-22-9-10(11)13(19)16-14(17)20/h4-9H2,1-3H3,(H,16,19,20). The molecule has 7 heteroatoms. The number of carbonyl (C=O) groups is 1. The van der Waals surface area contributed by atoms with Crippen LogP contribution in [0.2, 0.25) is 0 Å². The molecular weight excluding hydrogens is 304 g/mol. The maximum Gasteiger partial charge on any atom is 0.328 e. The van der Waals surface area contributed by atoms with Crippen molar-refractivity contribution in [2.24, 2.45) is 0 Å². The Balaban J connectivity index is 2.06. The fraction of sp³-hybridized carbons (Fsp3) is 0.667. The highest BCUT2D eigenvalue weighted by Gasteiger charge is 2.19. The number of aromatic nitrogens is 2. The Morgan fingerprint density at radius 3 is 2.77 bits per heavy atom. The number of nitrogens with one attached hydrogen (secondary N) is 1. The molecular formula is C15H22N2O4S. The lowest BCUT2D eigenvalue weighted by Gasteiger charge is -2.21. The molecule has 1 aliphatic heterocycles. The van der Waals surface area contributed by atoms with Crippen molar-refractivity contribution in [3.8, 4) is 0 Å². The van der Waals surface area contributed by atoms with Gasteiger partial charge in [0.1, 0.15) is 5.60 Å². The van der Waals surface area contributed by atoms with Crippen molar-refractivity contribution in [3.05, 3.63) is 32.1 Å². The number of hydrogen-bond donors (Lipinski definition) is 1. The molecule has 0 aliphatic carbocycles. The third kappa shape index (κ3) is 4.25. The van der Waals surface area contributed by atoms with Crippen LogP contribution >= 0.6 is 11.8 Å². The summed E-state index contributed by atoms with van der Waals surface area (Å²) in [6.45, 7) is 5.89. The van der Waals surface area contributed by atoms with Gasteiger partial charge in [-0.1, -0.05) is 0 Å². The monoisotopic (exact) mass is 326 g/mol. The predicted octanol–water partition coefficient (Wildman–Crippen LogP) is 1.45. The summed E-state index contributed by atoms with van der Waals surface area (Å²) in [7, 11) is 0. The second kappa shape index (κ2) is 6.73. The maximum atomic E-state index is 12.0. The molecule has 1 aromatic rings. The van der Waals surface area contributed by atoms with E-state index in [4.69, 9.17) is 4.74 Å². The molecule has 0 saturated carbocycles. The number of esters is 1. The van der Waals surface area contributed by atoms with E-state index in [2.05, 4.69) is 4.98 Å². The third-order valence-electron chi connectivity index (χ3n) is 3.33. The van der Waals surface area contributed by atoms with Gasteiger partial charge >= 0.3 is 11.7 Å². The molecule has 22 heavy (non-hydrogen) atoms. The van der Waals surface area contributed by atoms with Gasteiger partial charge in [-0.25, -0.2) is 4.79 Å². The van der Waals surface area contributed by atoms with Gasteiger partial charge in [0.05, 0.1) is 0 Å². The highest BCUT2D eigenvalue weighted by Crippen LogP contribution is 2.20. The van der Waals surface area contributed by atoms with Gasteiger partial charge in [-0.3, -0.25) is 19.1 Å². The molecule has 1 N–H and O–H groups in total. The summed E-state index contributed by atoms with van der Waals surface area (Å²) in [6.07, 6.45) is 1.48. The second-order valence-corrected chi connectivity index (χ2v) is 7.43. The maximum absolute atomic E-state index is 12.0. The minimum Gasteiger partial charge on any atom is -0.460 e. The molecule has 0 unspecified atom stereocenters. The van der Waals surface area contributed by atoms with Crippen molar-refractivity contribution in [1.29, 1.82) is 0 Å². The topological polar surface area (TPSA) is 81.2 Å². The summed E-state index contributed by atoms with van der Waals surface area (Å²) in [4.78, 5) is 37.9. The fourth-order valence-electron chi connectivity index (χ4n) is 2.44. The molecule has 122 valence electrons. The van der Waals surface area contributed by atoms with Crippen molar-refractivity contribution in [1.82, 2.24) is 9.55 Å². The van der Waals surface area contributed by atoms with Gasteiger partial charge in [-0.2, -0.15) is 11.8 Å². The Morgan fingerprint density at radius 1 is 1.36 bits per heavy atom. The average molecular weight is 326 g/mol. The first-order chi connectivity index (χ1) is 10.3. The lowest BCUT2D eigenvalue weighted by Crippen LogP contribution is -2.37. The van der Waals surface area contributed by atoms with Gasteiger partial charge in [0.25, 0.3) is 5.56 Å². The summed E-state index contributed by atoms with van der Waals surface area (Å²) in [5.41, 5.74) is 0.336. The first-order valence-electron chi connectivity index (χ1n) is 7.42. The van der Waals surface area contributed by atoms with Crippen LogP contribution < -0.4 is 11.2 Å². The number of carbonyl (C=O) groups excluding carboxylic acids is 1. The van der Waals surface area contributed by atoms with Crippen molar-refractivity contribution in [3.63, 3.8) is 0 Å². The second-order valence-electron chi connectivity index (χ2n) is 6.33. The zero-order valence-corrected chi connectivity index (χ0v) is 14.0. The summed E-state index contributed by atoms with van der Waals surface area (Å²) in [5, 5.41) is 0. The summed E-state index contributed by atoms with van der Waals surface area (Å²) in [6, 6.07) is 0. The Bertz CT molecular complexity index is 670. The molecule has 0 bridgehead atoms. The van der Waals surface area contributed by atoms with Gasteiger partial charge in [0.15, 0.2) is 0 Å². The minimum absolute atomic E-state index is 0.256. The Labute approximate surface area is 133 Å². The van der Waals surface area contributed by atoms with E-state index in [1.165, 1.54) is 0 Å². The van der Waals surface area contributed by atoms with Gasteiger partial charge in [0.2, 0.25) is 0 Å². The quantitative estimate of drug-likeness (QED) is 0.847. The highest BCUT2D eigenvalue weighted by molar-refractivity contribution is 7.98. The molecule has 0 spiro atoms. The predicted molar refractivity (Wildman–Crippen MR) is 86.3 cm³/mol. The summed E-state index contributed by atoms with van der Waals surface area (Å²) < 4.78 is 6.85. The van der Waals surface area contributed by atoms with E-state index in [0.29, 0.717) is 30.7 Å². The van der Waals surface area contributed by atoms with Crippen LogP contribution in [0.5, 0.6) is 0 Å². The van der Waals surface area contributed by atoms with Crippen molar-refractivity contribution in [2.45, 2.75) is 57.9 Å². The van der Waals surface area contributed by atoms with Crippen LogP contribution in [0, 0.1) is 0 Å². The van der Waals surface area contributed by atoms with Crippen molar-refractivity contribution >= 4 is 17.7 Å². The Morgan fingerprint density at radius 2 is 2.09 bits per heavy atom. The van der Waals surface area contributed by atoms with Gasteiger partial charge in [-0.15, -0.1) is 0 Å². The summed E-state index contributed by atoms with van der Waals surface area (Å²) in [5.74, 6) is 1.27. The van der Waals surface area contributed by atoms with Crippen LogP contribution in [0.25, 0.3) is 0 Å². The SMILES string of the molecule is CC(C)(C)OC(=O)CCCn1c2c(c(=O)[nH]c1=O)CSCC2. The smallest absolute Gasteiger partial charge is 0.328 e. The lowest BCUT2D eigenvalue weighted by molar-refractivity contribution is -0.154. The van der Waals surface area contributed by atoms with Crippen molar-refractivity contribution in [2.75, 3.05) is 5.75 Å². The zero-order chi connectivity index (χ0) is 16.3. The molecule has 0 fully saturated rings. The van der Waals surface area contributed by atoms with Crippen LogP contribution in [0.15, 0.2) is 9.59 Å². The molecule has 2 heterocycles. The van der Waals surface area contributed by atoms with Gasteiger partial charge < -0.3 is 4.74 Å². The average Bonchev–Trinajstić information content (AvgIpc) is 2.40. The van der Waals surface area contributed by atoms with E-state index >= 15 is 0 Å². The number of thioether (sulfide) groups is 1. The number of hydrogen-bond acceptors (Lipinski definition) is 5. The number of fused-ring (bicyclic) bond motifs is 1. The van der Waals surface area contributed by atoms with E-state index in [9.17, 15) is 14.4 Å². The van der Waals surface area contributed by atoms with Crippen LogP contribution in [0.4, 0.5) is 0 Å². The molecule has 1 aliphatic rings. The molecule has 0 radical (unpaired) electrons. The van der Waals surface area contributed by atoms with Crippen LogP contribution in [-0.4, -0.2) is 26.9 Å². The molecule has 0 atom stereocenters. The van der Waals surface area contributed by atoms with Gasteiger partial charge in [-0.05, 0) is 39.4 Å². The van der Waals surface area contributed by atoms with Crippen LogP contribution in [0.1, 0.15) is 44.9 Å². The molecule has 2 rings (SSSR count). The van der Waals surface area contributed by atoms with Gasteiger partial charge in [0, 0.05) is 30.0 Å². The fourth-order valence-corrected chi connectivity index (χ4v) is 3.43. The molecule has 0 saturated heterocycles. The molecule has 1 aromatic heterocycles. The van der Waals surface area contributed by atoms with E-state index in [0.717, 1.165) is 11.4 Å².